The van der Waals surface area contributed by atoms with Gasteiger partial charge in [-0.1, -0.05) is 13.8 Å². The SMILES string of the molecule is CNCC(Oc1ccc(OC(F)(F)F)cc1)C(C)C. The zero-order chi connectivity index (χ0) is 14.5. The molecule has 1 aromatic carbocycles. The van der Waals surface area contributed by atoms with E-state index in [0.29, 0.717) is 18.2 Å². The molecule has 0 bridgehead atoms. The lowest BCUT2D eigenvalue weighted by Crippen LogP contribution is -2.33. The normalized spacial score (nSPS) is 13.4. The highest BCUT2D eigenvalue weighted by molar-refractivity contribution is 5.31. The molecule has 0 fully saturated rings. The monoisotopic (exact) mass is 277 g/mol. The molecule has 1 aromatic rings. The molecular formula is C13H18F3NO2. The Balaban J connectivity index is 2.65. The fraction of sp³-hybridized carbons (Fsp3) is 0.538. The van der Waals surface area contributed by atoms with Gasteiger partial charge in [0.15, 0.2) is 0 Å². The van der Waals surface area contributed by atoms with Crippen LogP contribution in [0.25, 0.3) is 0 Å². The van der Waals surface area contributed by atoms with E-state index in [0.717, 1.165) is 0 Å². The summed E-state index contributed by atoms with van der Waals surface area (Å²) >= 11 is 0. The minimum absolute atomic E-state index is 0.0422. The highest BCUT2D eigenvalue weighted by Crippen LogP contribution is 2.25. The van der Waals surface area contributed by atoms with Crippen LogP contribution in [0.4, 0.5) is 13.2 Å². The molecule has 0 radical (unpaired) electrons. The minimum Gasteiger partial charge on any atom is -0.489 e. The second-order valence-electron chi connectivity index (χ2n) is 4.48. The number of likely N-dealkylation sites (N-methyl/N-ethyl adjacent to an activating group) is 1. The van der Waals surface area contributed by atoms with Crippen molar-refractivity contribution in [3.63, 3.8) is 0 Å². The highest BCUT2D eigenvalue weighted by Gasteiger charge is 2.31. The molecule has 108 valence electrons. The summed E-state index contributed by atoms with van der Waals surface area (Å²) in [5, 5.41) is 3.01. The first-order valence-corrected chi connectivity index (χ1v) is 5.99. The van der Waals surface area contributed by atoms with Gasteiger partial charge in [-0.05, 0) is 37.2 Å². The molecular weight excluding hydrogens is 259 g/mol. The number of alkyl halides is 3. The molecule has 0 heterocycles. The first kappa shape index (κ1) is 15.6. The number of rotatable bonds is 6. The Hall–Kier alpha value is -1.43. The summed E-state index contributed by atoms with van der Waals surface area (Å²) in [6.45, 7) is 4.70. The summed E-state index contributed by atoms with van der Waals surface area (Å²) in [6.07, 6.45) is -4.71. The molecule has 1 rings (SSSR count). The van der Waals surface area contributed by atoms with Crippen molar-refractivity contribution in [2.24, 2.45) is 5.92 Å². The Kier molecular flexibility index (Phi) is 5.47. The van der Waals surface area contributed by atoms with Gasteiger partial charge < -0.3 is 14.8 Å². The zero-order valence-electron chi connectivity index (χ0n) is 11.1. The zero-order valence-corrected chi connectivity index (χ0v) is 11.1. The van der Waals surface area contributed by atoms with Crippen molar-refractivity contribution in [3.8, 4) is 11.5 Å². The second-order valence-corrected chi connectivity index (χ2v) is 4.48. The lowest BCUT2D eigenvalue weighted by atomic mass is 10.1. The van der Waals surface area contributed by atoms with Crippen LogP contribution in [0.15, 0.2) is 24.3 Å². The van der Waals surface area contributed by atoms with Crippen molar-refractivity contribution in [2.75, 3.05) is 13.6 Å². The Labute approximate surface area is 110 Å². The van der Waals surface area contributed by atoms with Crippen molar-refractivity contribution < 1.29 is 22.6 Å². The van der Waals surface area contributed by atoms with Crippen LogP contribution < -0.4 is 14.8 Å². The van der Waals surface area contributed by atoms with E-state index >= 15 is 0 Å². The number of benzene rings is 1. The van der Waals surface area contributed by atoms with Crippen LogP contribution in [0.3, 0.4) is 0 Å². The van der Waals surface area contributed by atoms with Crippen LogP contribution in [0.5, 0.6) is 11.5 Å². The van der Waals surface area contributed by atoms with Crippen molar-refractivity contribution in [1.29, 1.82) is 0 Å². The van der Waals surface area contributed by atoms with E-state index in [1.165, 1.54) is 24.3 Å². The Morgan fingerprint density at radius 2 is 1.63 bits per heavy atom. The van der Waals surface area contributed by atoms with E-state index in [1.807, 2.05) is 20.9 Å². The van der Waals surface area contributed by atoms with Crippen LogP contribution in [-0.4, -0.2) is 26.1 Å². The average Bonchev–Trinajstić information content (AvgIpc) is 2.29. The van der Waals surface area contributed by atoms with Crippen LogP contribution in [0, 0.1) is 5.92 Å². The van der Waals surface area contributed by atoms with E-state index in [1.54, 1.807) is 0 Å². The number of hydrogen-bond donors (Lipinski definition) is 1. The average molecular weight is 277 g/mol. The third kappa shape index (κ3) is 5.83. The van der Waals surface area contributed by atoms with Crippen LogP contribution >= 0.6 is 0 Å². The molecule has 1 N–H and O–H groups in total. The van der Waals surface area contributed by atoms with Gasteiger partial charge in [-0.15, -0.1) is 13.2 Å². The Bertz CT molecular complexity index is 376. The van der Waals surface area contributed by atoms with Gasteiger partial charge in [-0.3, -0.25) is 0 Å². The van der Waals surface area contributed by atoms with E-state index < -0.39 is 6.36 Å². The molecule has 3 nitrogen and oxygen atoms in total. The van der Waals surface area contributed by atoms with Crippen molar-refractivity contribution in [1.82, 2.24) is 5.32 Å². The molecule has 0 amide bonds. The number of hydrogen-bond acceptors (Lipinski definition) is 3. The summed E-state index contributed by atoms with van der Waals surface area (Å²) in [6, 6.07) is 5.40. The van der Waals surface area contributed by atoms with Gasteiger partial charge in [0.25, 0.3) is 0 Å². The molecule has 0 spiro atoms. The van der Waals surface area contributed by atoms with Crippen molar-refractivity contribution in [2.45, 2.75) is 26.3 Å². The topological polar surface area (TPSA) is 30.5 Å². The Morgan fingerprint density at radius 1 is 1.11 bits per heavy atom. The van der Waals surface area contributed by atoms with Gasteiger partial charge in [-0.25, -0.2) is 0 Å². The van der Waals surface area contributed by atoms with Crippen LogP contribution in [0.2, 0.25) is 0 Å². The molecule has 19 heavy (non-hydrogen) atoms. The number of halogens is 3. The van der Waals surface area contributed by atoms with Gasteiger partial charge in [0.2, 0.25) is 0 Å². The third-order valence-electron chi connectivity index (χ3n) is 2.49. The smallest absolute Gasteiger partial charge is 0.489 e. The fourth-order valence-electron chi connectivity index (χ4n) is 1.51. The molecule has 1 atom stereocenters. The first-order chi connectivity index (χ1) is 8.81. The lowest BCUT2D eigenvalue weighted by Gasteiger charge is -2.22. The molecule has 0 saturated carbocycles. The van der Waals surface area contributed by atoms with Gasteiger partial charge in [0.05, 0.1) is 0 Å². The summed E-state index contributed by atoms with van der Waals surface area (Å²) in [4.78, 5) is 0. The number of nitrogens with one attached hydrogen (secondary N) is 1. The molecule has 6 heteroatoms. The van der Waals surface area contributed by atoms with E-state index in [9.17, 15) is 13.2 Å². The molecule has 0 aliphatic heterocycles. The number of ether oxygens (including phenoxy) is 2. The standard InChI is InChI=1S/C13H18F3NO2/c1-9(2)12(8-17-3)18-10-4-6-11(7-5-10)19-13(14,15)16/h4-7,9,12,17H,8H2,1-3H3. The van der Waals surface area contributed by atoms with Gasteiger partial charge in [0.1, 0.15) is 17.6 Å². The van der Waals surface area contributed by atoms with Crippen LogP contribution in [0.1, 0.15) is 13.8 Å². The van der Waals surface area contributed by atoms with Crippen LogP contribution in [-0.2, 0) is 0 Å². The predicted octanol–water partition coefficient (Wildman–Crippen LogP) is 3.21. The maximum absolute atomic E-state index is 12.0. The van der Waals surface area contributed by atoms with E-state index in [-0.39, 0.29) is 11.9 Å². The minimum atomic E-state index is -4.67. The van der Waals surface area contributed by atoms with E-state index in [2.05, 4.69) is 10.1 Å². The maximum Gasteiger partial charge on any atom is 0.573 e. The summed E-state index contributed by atoms with van der Waals surface area (Å²) in [5.41, 5.74) is 0. The summed E-state index contributed by atoms with van der Waals surface area (Å²) in [7, 11) is 1.82. The molecule has 0 aliphatic rings. The van der Waals surface area contributed by atoms with E-state index in [4.69, 9.17) is 4.74 Å². The molecule has 0 saturated heterocycles. The molecule has 0 aliphatic carbocycles. The first-order valence-electron chi connectivity index (χ1n) is 5.99. The van der Waals surface area contributed by atoms with Gasteiger partial charge >= 0.3 is 6.36 Å². The molecule has 1 unspecified atom stereocenters. The van der Waals surface area contributed by atoms with Crippen molar-refractivity contribution >= 4 is 0 Å². The lowest BCUT2D eigenvalue weighted by molar-refractivity contribution is -0.274. The molecule has 0 aromatic heterocycles. The quantitative estimate of drug-likeness (QED) is 0.866. The third-order valence-corrected chi connectivity index (χ3v) is 2.49. The summed E-state index contributed by atoms with van der Waals surface area (Å²) in [5.74, 6) is 0.552. The van der Waals surface area contributed by atoms with Gasteiger partial charge in [-0.2, -0.15) is 0 Å². The highest BCUT2D eigenvalue weighted by atomic mass is 19.4. The Morgan fingerprint density at radius 3 is 2.05 bits per heavy atom. The van der Waals surface area contributed by atoms with Crippen molar-refractivity contribution in [3.05, 3.63) is 24.3 Å². The maximum atomic E-state index is 12.0. The second kappa shape index (κ2) is 6.65. The summed E-state index contributed by atoms with van der Waals surface area (Å²) < 4.78 is 45.5. The van der Waals surface area contributed by atoms with Gasteiger partial charge in [0, 0.05) is 6.54 Å². The largest absolute Gasteiger partial charge is 0.573 e. The predicted molar refractivity (Wildman–Crippen MR) is 66.3 cm³/mol. The fourth-order valence-corrected chi connectivity index (χ4v) is 1.51.